The van der Waals surface area contributed by atoms with Crippen molar-refractivity contribution in [1.82, 2.24) is 0 Å². The number of halogens is 1. The summed E-state index contributed by atoms with van der Waals surface area (Å²) in [5.41, 5.74) is 1.63. The number of carbonyl (C=O) groups is 1. The third-order valence-electron chi connectivity index (χ3n) is 3.42. The van der Waals surface area contributed by atoms with Crippen LogP contribution in [0.4, 0.5) is 11.4 Å². The number of hydrogen-bond acceptors (Lipinski definition) is 3. The summed E-state index contributed by atoms with van der Waals surface area (Å²) in [6.45, 7) is 4.67. The fraction of sp³-hybridized carbons (Fsp3) is 0.533. The molecule has 0 aliphatic carbocycles. The van der Waals surface area contributed by atoms with Gasteiger partial charge in [0.05, 0.1) is 16.8 Å². The minimum absolute atomic E-state index is 0.00189. The number of carbonyl (C=O) groups excluding carboxylic acids is 1. The van der Waals surface area contributed by atoms with Crippen LogP contribution in [0, 0.1) is 0 Å². The van der Waals surface area contributed by atoms with Crippen molar-refractivity contribution in [3.63, 3.8) is 0 Å². The van der Waals surface area contributed by atoms with Gasteiger partial charge in [0.25, 0.3) is 0 Å². The van der Waals surface area contributed by atoms with Crippen molar-refractivity contribution in [2.24, 2.45) is 0 Å². The molecule has 0 radical (unpaired) electrons. The number of benzene rings is 1. The van der Waals surface area contributed by atoms with Crippen molar-refractivity contribution in [3.05, 3.63) is 23.2 Å². The zero-order chi connectivity index (χ0) is 14.5. The van der Waals surface area contributed by atoms with Crippen molar-refractivity contribution in [2.45, 2.75) is 45.3 Å². The zero-order valence-electron chi connectivity index (χ0n) is 11.9. The van der Waals surface area contributed by atoms with Gasteiger partial charge in [0.15, 0.2) is 0 Å². The Labute approximate surface area is 124 Å². The summed E-state index contributed by atoms with van der Waals surface area (Å²) in [5.74, 6) is -0.00189. The van der Waals surface area contributed by atoms with Gasteiger partial charge in [-0.05, 0) is 38.0 Å². The van der Waals surface area contributed by atoms with Gasteiger partial charge in [-0.1, -0.05) is 18.5 Å². The van der Waals surface area contributed by atoms with E-state index < -0.39 is 0 Å². The van der Waals surface area contributed by atoms with E-state index in [2.05, 4.69) is 17.6 Å². The maximum absolute atomic E-state index is 11.4. The lowest BCUT2D eigenvalue weighted by Gasteiger charge is -2.29. The highest BCUT2D eigenvalue weighted by atomic mass is 35.5. The molecule has 2 N–H and O–H groups in total. The lowest BCUT2D eigenvalue weighted by molar-refractivity contribution is -0.115. The molecule has 1 heterocycles. The number of ether oxygens (including phenoxy) is 1. The summed E-state index contributed by atoms with van der Waals surface area (Å²) >= 11 is 6.22. The van der Waals surface area contributed by atoms with E-state index in [1.54, 1.807) is 6.07 Å². The summed E-state index contributed by atoms with van der Waals surface area (Å²) in [5, 5.41) is 6.96. The predicted molar refractivity (Wildman–Crippen MR) is 82.4 cm³/mol. The molecular weight excluding hydrogens is 276 g/mol. The van der Waals surface area contributed by atoms with Crippen LogP contribution in [0.15, 0.2) is 18.2 Å². The second kappa shape index (κ2) is 6.95. The fourth-order valence-electron chi connectivity index (χ4n) is 2.31. The Morgan fingerprint density at radius 3 is 3.00 bits per heavy atom. The van der Waals surface area contributed by atoms with Gasteiger partial charge >= 0.3 is 0 Å². The first kappa shape index (κ1) is 15.1. The minimum atomic E-state index is -0.00189. The van der Waals surface area contributed by atoms with E-state index in [0.717, 1.165) is 30.8 Å². The van der Waals surface area contributed by atoms with Crippen LogP contribution >= 0.6 is 11.6 Å². The summed E-state index contributed by atoms with van der Waals surface area (Å²) in [6.07, 6.45) is 2.65. The SMILES string of the molecule is CCC(=O)Nc1ccc(Cl)c(NC2CCOC(C)C2)c1. The van der Waals surface area contributed by atoms with E-state index in [1.807, 2.05) is 19.1 Å². The topological polar surface area (TPSA) is 50.4 Å². The van der Waals surface area contributed by atoms with Crippen molar-refractivity contribution in [1.29, 1.82) is 0 Å². The van der Waals surface area contributed by atoms with Crippen LogP contribution in [-0.2, 0) is 9.53 Å². The molecule has 1 fully saturated rings. The molecular formula is C15H21ClN2O2. The van der Waals surface area contributed by atoms with Crippen molar-refractivity contribution in [2.75, 3.05) is 17.2 Å². The van der Waals surface area contributed by atoms with E-state index in [9.17, 15) is 4.79 Å². The third kappa shape index (κ3) is 4.12. The lowest BCUT2D eigenvalue weighted by atomic mass is 10.0. The Kier molecular flexibility index (Phi) is 5.26. The highest BCUT2D eigenvalue weighted by Crippen LogP contribution is 2.28. The van der Waals surface area contributed by atoms with Crippen molar-refractivity contribution in [3.8, 4) is 0 Å². The fourth-order valence-corrected chi connectivity index (χ4v) is 2.48. The number of nitrogens with one attached hydrogen (secondary N) is 2. The van der Waals surface area contributed by atoms with Gasteiger partial charge < -0.3 is 15.4 Å². The first-order valence-corrected chi connectivity index (χ1v) is 7.43. The highest BCUT2D eigenvalue weighted by molar-refractivity contribution is 6.33. The van der Waals surface area contributed by atoms with Gasteiger partial charge in [0.1, 0.15) is 0 Å². The lowest BCUT2D eigenvalue weighted by Crippen LogP contribution is -2.32. The van der Waals surface area contributed by atoms with Crippen molar-refractivity contribution >= 4 is 28.9 Å². The largest absolute Gasteiger partial charge is 0.381 e. The second-order valence-corrected chi connectivity index (χ2v) is 5.55. The molecule has 1 aliphatic heterocycles. The average Bonchev–Trinajstić information content (AvgIpc) is 2.42. The number of hydrogen-bond donors (Lipinski definition) is 2. The predicted octanol–water partition coefficient (Wildman–Crippen LogP) is 3.67. The number of anilines is 2. The zero-order valence-corrected chi connectivity index (χ0v) is 12.7. The molecule has 0 spiro atoms. The Morgan fingerprint density at radius 1 is 1.50 bits per heavy atom. The van der Waals surface area contributed by atoms with Crippen LogP contribution in [0.1, 0.15) is 33.1 Å². The quantitative estimate of drug-likeness (QED) is 0.891. The standard InChI is InChI=1S/C15H21ClN2O2/c1-3-15(19)18-11-4-5-13(16)14(9-11)17-12-6-7-20-10(2)8-12/h4-5,9-10,12,17H,3,6-8H2,1-2H3,(H,18,19). The molecule has 1 aliphatic rings. The van der Waals surface area contributed by atoms with Gasteiger partial charge in [-0.15, -0.1) is 0 Å². The molecule has 110 valence electrons. The molecule has 0 bridgehead atoms. The Balaban J connectivity index is 2.06. The maximum atomic E-state index is 11.4. The van der Waals surface area contributed by atoms with Gasteiger partial charge in [0, 0.05) is 24.8 Å². The van der Waals surface area contributed by atoms with E-state index in [0.29, 0.717) is 17.5 Å². The molecule has 1 aromatic rings. The maximum Gasteiger partial charge on any atom is 0.224 e. The summed E-state index contributed by atoms with van der Waals surface area (Å²) in [6, 6.07) is 5.86. The Morgan fingerprint density at radius 2 is 2.30 bits per heavy atom. The van der Waals surface area contributed by atoms with E-state index in [1.165, 1.54) is 0 Å². The van der Waals surface area contributed by atoms with Crippen LogP contribution < -0.4 is 10.6 Å². The first-order chi connectivity index (χ1) is 9.58. The average molecular weight is 297 g/mol. The van der Waals surface area contributed by atoms with Crippen LogP contribution in [0.3, 0.4) is 0 Å². The molecule has 20 heavy (non-hydrogen) atoms. The highest BCUT2D eigenvalue weighted by Gasteiger charge is 2.19. The Bertz CT molecular complexity index is 479. The molecule has 2 atom stereocenters. The molecule has 0 saturated carbocycles. The molecule has 1 aromatic carbocycles. The molecule has 2 unspecified atom stereocenters. The van der Waals surface area contributed by atoms with Gasteiger partial charge in [-0.3, -0.25) is 4.79 Å². The van der Waals surface area contributed by atoms with Gasteiger partial charge in [-0.2, -0.15) is 0 Å². The molecule has 5 heteroatoms. The summed E-state index contributed by atoms with van der Waals surface area (Å²) in [7, 11) is 0. The molecule has 1 amide bonds. The Hall–Kier alpha value is -1.26. The monoisotopic (exact) mass is 296 g/mol. The molecule has 1 saturated heterocycles. The minimum Gasteiger partial charge on any atom is -0.381 e. The van der Waals surface area contributed by atoms with Crippen molar-refractivity contribution < 1.29 is 9.53 Å². The summed E-state index contributed by atoms with van der Waals surface area (Å²) < 4.78 is 5.54. The molecule has 4 nitrogen and oxygen atoms in total. The first-order valence-electron chi connectivity index (χ1n) is 7.06. The summed E-state index contributed by atoms with van der Waals surface area (Å²) in [4.78, 5) is 11.4. The van der Waals surface area contributed by atoms with Crippen LogP contribution in [0.25, 0.3) is 0 Å². The van der Waals surface area contributed by atoms with Gasteiger partial charge in [-0.25, -0.2) is 0 Å². The number of amides is 1. The molecule has 0 aromatic heterocycles. The van der Waals surface area contributed by atoms with E-state index >= 15 is 0 Å². The van der Waals surface area contributed by atoms with Crippen LogP contribution in [-0.4, -0.2) is 24.7 Å². The third-order valence-corrected chi connectivity index (χ3v) is 3.75. The second-order valence-electron chi connectivity index (χ2n) is 5.14. The molecule has 2 rings (SSSR count). The smallest absolute Gasteiger partial charge is 0.224 e. The van der Waals surface area contributed by atoms with E-state index in [4.69, 9.17) is 16.3 Å². The van der Waals surface area contributed by atoms with Gasteiger partial charge in [0.2, 0.25) is 5.91 Å². The van der Waals surface area contributed by atoms with Crippen LogP contribution in [0.5, 0.6) is 0 Å². The van der Waals surface area contributed by atoms with Crippen LogP contribution in [0.2, 0.25) is 5.02 Å². The number of rotatable bonds is 4. The normalized spacial score (nSPS) is 22.4. The van der Waals surface area contributed by atoms with E-state index in [-0.39, 0.29) is 12.0 Å².